The van der Waals surface area contributed by atoms with Gasteiger partial charge in [-0.05, 0) is 42.5 Å². The number of benzene rings is 2. The molecule has 9 nitrogen and oxygen atoms in total. The van der Waals surface area contributed by atoms with E-state index in [-0.39, 0.29) is 22.0 Å². The van der Waals surface area contributed by atoms with Gasteiger partial charge >= 0.3 is 5.97 Å². The summed E-state index contributed by atoms with van der Waals surface area (Å²) in [5.74, 6) is -1.72. The van der Waals surface area contributed by atoms with Gasteiger partial charge in [-0.2, -0.15) is 0 Å². The summed E-state index contributed by atoms with van der Waals surface area (Å²) < 4.78 is 26.5. The highest BCUT2D eigenvalue weighted by molar-refractivity contribution is 7.89. The van der Waals surface area contributed by atoms with Gasteiger partial charge in [-0.3, -0.25) is 15.9 Å². The molecule has 2 rings (SSSR count). The average molecular weight is 377 g/mol. The number of nitrogens with one attached hydrogen (secondary N) is 2. The van der Waals surface area contributed by atoms with Gasteiger partial charge in [0.2, 0.25) is 15.9 Å². The molecule has 0 saturated carbocycles. The van der Waals surface area contributed by atoms with Crippen molar-refractivity contribution in [2.75, 3.05) is 11.9 Å². The first-order valence-electron chi connectivity index (χ1n) is 7.30. The van der Waals surface area contributed by atoms with Gasteiger partial charge < -0.3 is 10.4 Å². The lowest BCUT2D eigenvalue weighted by atomic mass is 10.2. The second-order valence-electron chi connectivity index (χ2n) is 5.24. The molecule has 0 bridgehead atoms. The Morgan fingerprint density at radius 2 is 1.73 bits per heavy atom. The predicted molar refractivity (Wildman–Crippen MR) is 93.9 cm³/mol. The van der Waals surface area contributed by atoms with Crippen LogP contribution in [-0.2, 0) is 14.8 Å². The highest BCUT2D eigenvalue weighted by Crippen LogP contribution is 2.11. The third-order valence-electron chi connectivity index (χ3n) is 3.31. The fraction of sp³-hybridized carbons (Fsp3) is 0.0625. The van der Waals surface area contributed by atoms with E-state index in [9.17, 15) is 18.0 Å². The van der Waals surface area contributed by atoms with Crippen LogP contribution in [0.15, 0.2) is 53.4 Å². The molecule has 0 fully saturated rings. The first kappa shape index (κ1) is 19.1. The number of carbonyl (C=O) groups is 2. The molecule has 0 aliphatic rings. The van der Waals surface area contributed by atoms with Crippen LogP contribution in [0, 0.1) is 0 Å². The Balaban J connectivity index is 2.00. The number of anilines is 1. The molecule has 0 heterocycles. The van der Waals surface area contributed by atoms with Crippen molar-refractivity contribution in [1.82, 2.24) is 4.72 Å². The molecule has 7 N–H and O–H groups in total. The largest absolute Gasteiger partial charge is 0.478 e. The SMILES string of the molecule is NC(=[NH2+])c1ccc(S(=O)(=O)NCC(=O)Nc2cccc(C(=O)O)c2)cc1. The fourth-order valence-electron chi connectivity index (χ4n) is 2.01. The minimum absolute atomic E-state index is 0.000507. The number of amidine groups is 1. The number of rotatable bonds is 7. The first-order valence-corrected chi connectivity index (χ1v) is 8.78. The molecule has 2 aromatic carbocycles. The Labute approximate surface area is 149 Å². The second-order valence-corrected chi connectivity index (χ2v) is 7.01. The van der Waals surface area contributed by atoms with Crippen molar-refractivity contribution in [2.24, 2.45) is 5.73 Å². The Kier molecular flexibility index (Phi) is 5.70. The van der Waals surface area contributed by atoms with Gasteiger partial charge in [-0.15, -0.1) is 0 Å². The number of hydrogen-bond donors (Lipinski definition) is 5. The molecule has 1 amide bonds. The summed E-state index contributed by atoms with van der Waals surface area (Å²) >= 11 is 0. The maximum absolute atomic E-state index is 12.2. The fourth-order valence-corrected chi connectivity index (χ4v) is 2.99. The van der Waals surface area contributed by atoms with Crippen LogP contribution in [-0.4, -0.2) is 37.8 Å². The van der Waals surface area contributed by atoms with E-state index in [4.69, 9.17) is 16.2 Å². The predicted octanol–water partition coefficient (Wildman–Crippen LogP) is -1.23. The summed E-state index contributed by atoms with van der Waals surface area (Å²) in [6.45, 7) is -0.521. The Bertz CT molecular complexity index is 955. The zero-order chi connectivity index (χ0) is 19.3. The van der Waals surface area contributed by atoms with Gasteiger partial charge in [0.15, 0.2) is 0 Å². The number of amides is 1. The molecule has 0 radical (unpaired) electrons. The van der Waals surface area contributed by atoms with Crippen molar-refractivity contribution in [3.63, 3.8) is 0 Å². The summed E-state index contributed by atoms with van der Waals surface area (Å²) in [4.78, 5) is 22.7. The van der Waals surface area contributed by atoms with E-state index in [0.29, 0.717) is 5.56 Å². The lowest BCUT2D eigenvalue weighted by Crippen LogP contribution is -2.46. The van der Waals surface area contributed by atoms with Gasteiger partial charge in [-0.25, -0.2) is 17.9 Å². The number of nitrogens with two attached hydrogens (primary N) is 2. The second kappa shape index (κ2) is 7.76. The number of aromatic carboxylic acids is 1. The Morgan fingerprint density at radius 3 is 2.31 bits per heavy atom. The summed E-state index contributed by atoms with van der Waals surface area (Å²) in [6, 6.07) is 11.1. The number of hydrogen-bond acceptors (Lipinski definition) is 4. The molecule has 0 atom stereocenters. The van der Waals surface area contributed by atoms with Crippen LogP contribution in [0.5, 0.6) is 0 Å². The lowest BCUT2D eigenvalue weighted by molar-refractivity contribution is -0.115. The molecule has 26 heavy (non-hydrogen) atoms. The smallest absolute Gasteiger partial charge is 0.335 e. The van der Waals surface area contributed by atoms with Gasteiger partial charge in [0.05, 0.1) is 22.6 Å². The first-order chi connectivity index (χ1) is 12.2. The molecular formula is C16H17N4O5S+. The third-order valence-corrected chi connectivity index (χ3v) is 4.73. The van der Waals surface area contributed by atoms with Crippen LogP contribution >= 0.6 is 0 Å². The van der Waals surface area contributed by atoms with Crippen LogP contribution in [0.2, 0.25) is 0 Å². The van der Waals surface area contributed by atoms with E-state index in [1.165, 1.54) is 48.5 Å². The van der Waals surface area contributed by atoms with E-state index in [0.717, 1.165) is 0 Å². The van der Waals surface area contributed by atoms with E-state index < -0.39 is 28.4 Å². The molecule has 0 aliphatic heterocycles. The maximum atomic E-state index is 12.2. The van der Waals surface area contributed by atoms with Crippen molar-refractivity contribution in [3.05, 3.63) is 59.7 Å². The minimum Gasteiger partial charge on any atom is -0.478 e. The van der Waals surface area contributed by atoms with Gasteiger partial charge in [-0.1, -0.05) is 6.07 Å². The van der Waals surface area contributed by atoms with Crippen molar-refractivity contribution in [3.8, 4) is 0 Å². The van der Waals surface area contributed by atoms with Gasteiger partial charge in [0.25, 0.3) is 5.84 Å². The van der Waals surface area contributed by atoms with Crippen LogP contribution < -0.4 is 21.2 Å². The van der Waals surface area contributed by atoms with E-state index in [2.05, 4.69) is 10.0 Å². The van der Waals surface area contributed by atoms with Crippen molar-refractivity contribution in [1.29, 1.82) is 0 Å². The molecule has 0 aliphatic carbocycles. The molecule has 2 aromatic rings. The van der Waals surface area contributed by atoms with Crippen molar-refractivity contribution >= 4 is 33.4 Å². The summed E-state index contributed by atoms with van der Waals surface area (Å²) in [6.07, 6.45) is 0. The quantitative estimate of drug-likeness (QED) is 0.299. The van der Waals surface area contributed by atoms with Crippen LogP contribution in [0.4, 0.5) is 5.69 Å². The van der Waals surface area contributed by atoms with Crippen LogP contribution in [0.25, 0.3) is 0 Å². The average Bonchev–Trinajstić information content (AvgIpc) is 2.60. The summed E-state index contributed by atoms with van der Waals surface area (Å²) in [7, 11) is -3.91. The number of carbonyl (C=O) groups excluding carboxylic acids is 1. The molecule has 0 unspecified atom stereocenters. The molecular weight excluding hydrogens is 360 g/mol. The Morgan fingerprint density at radius 1 is 1.08 bits per heavy atom. The molecule has 0 saturated heterocycles. The standard InChI is InChI=1S/C16H16N4O5S/c17-15(18)10-4-6-13(7-5-10)26(24,25)19-9-14(21)20-12-3-1-2-11(8-12)16(22)23/h1-8,19H,9H2,(H3,17,18)(H,20,21)(H,22,23)/p+1. The molecule has 136 valence electrons. The zero-order valence-corrected chi connectivity index (χ0v) is 14.3. The van der Waals surface area contributed by atoms with E-state index in [1.54, 1.807) is 0 Å². The lowest BCUT2D eigenvalue weighted by Gasteiger charge is -2.08. The maximum Gasteiger partial charge on any atom is 0.335 e. The Hall–Kier alpha value is -3.24. The topological polar surface area (TPSA) is 164 Å². The zero-order valence-electron chi connectivity index (χ0n) is 13.5. The number of carboxylic acids is 1. The minimum atomic E-state index is -3.91. The monoisotopic (exact) mass is 377 g/mol. The highest BCUT2D eigenvalue weighted by atomic mass is 32.2. The van der Waals surface area contributed by atoms with E-state index in [1.807, 2.05) is 0 Å². The normalized spacial score (nSPS) is 10.9. The molecule has 0 spiro atoms. The molecule has 10 heteroatoms. The highest BCUT2D eigenvalue weighted by Gasteiger charge is 2.16. The van der Waals surface area contributed by atoms with Crippen molar-refractivity contribution in [2.45, 2.75) is 4.90 Å². The summed E-state index contributed by atoms with van der Waals surface area (Å²) in [5.41, 5.74) is 6.14. The van der Waals surface area contributed by atoms with E-state index >= 15 is 0 Å². The van der Waals surface area contributed by atoms with Gasteiger partial charge in [0.1, 0.15) is 0 Å². The van der Waals surface area contributed by atoms with Crippen molar-refractivity contribution < 1.29 is 28.5 Å². The number of sulfonamides is 1. The molecule has 0 aromatic heterocycles. The van der Waals surface area contributed by atoms with Gasteiger partial charge in [0, 0.05) is 5.69 Å². The van der Waals surface area contributed by atoms with Crippen LogP contribution in [0.3, 0.4) is 0 Å². The number of carboxylic acid groups (broad SMARTS) is 1. The third kappa shape index (κ3) is 4.88. The summed E-state index contributed by atoms with van der Waals surface area (Å²) in [5, 5.41) is 16.7. The van der Waals surface area contributed by atoms with Crippen LogP contribution in [0.1, 0.15) is 15.9 Å².